The van der Waals surface area contributed by atoms with E-state index >= 15 is 0 Å². The summed E-state index contributed by atoms with van der Waals surface area (Å²) < 4.78 is 7.63. The Morgan fingerprint density at radius 1 is 1.08 bits per heavy atom. The molecular weight excluding hydrogens is 358 g/mol. The molecule has 0 amide bonds. The van der Waals surface area contributed by atoms with Crippen molar-refractivity contribution < 1.29 is 4.74 Å². The van der Waals surface area contributed by atoms with E-state index in [4.69, 9.17) is 16.3 Å². The van der Waals surface area contributed by atoms with Crippen LogP contribution in [0.3, 0.4) is 0 Å². The topological polar surface area (TPSA) is 37.7 Å². The highest BCUT2D eigenvalue weighted by Gasteiger charge is 2.17. The van der Waals surface area contributed by atoms with Gasteiger partial charge in [-0.15, -0.1) is 0 Å². The number of benzene rings is 1. The van der Waals surface area contributed by atoms with Gasteiger partial charge >= 0.3 is 4.87 Å². The van der Waals surface area contributed by atoms with Crippen molar-refractivity contribution in [1.29, 1.82) is 0 Å². The molecule has 2 heterocycles. The van der Waals surface area contributed by atoms with Gasteiger partial charge in [-0.1, -0.05) is 35.1 Å². The fraction of sp³-hybridized carbons (Fsp3) is 0.500. The quantitative estimate of drug-likeness (QED) is 0.738. The second-order valence-electron chi connectivity index (χ2n) is 6.26. The van der Waals surface area contributed by atoms with E-state index in [1.165, 1.54) is 11.3 Å². The van der Waals surface area contributed by atoms with Gasteiger partial charge in [-0.25, -0.2) is 0 Å². The van der Waals surface area contributed by atoms with Crippen LogP contribution in [0, 0.1) is 6.92 Å². The van der Waals surface area contributed by atoms with Gasteiger partial charge in [0, 0.05) is 56.9 Å². The maximum atomic E-state index is 11.8. The summed E-state index contributed by atoms with van der Waals surface area (Å²) in [5, 5.41) is 2.59. The Kier molecular flexibility index (Phi) is 6.53. The van der Waals surface area contributed by atoms with Crippen LogP contribution in [0.1, 0.15) is 5.69 Å². The highest BCUT2D eigenvalue weighted by molar-refractivity contribution is 7.07. The SMILES string of the molecule is Cc1csc(=O)n1CCN1CCN(CCOc2ccccc2Cl)CC1. The molecule has 0 radical (unpaired) electrons. The molecule has 1 aliphatic rings. The van der Waals surface area contributed by atoms with E-state index < -0.39 is 0 Å². The first-order valence-electron chi connectivity index (χ1n) is 8.60. The summed E-state index contributed by atoms with van der Waals surface area (Å²) in [5.41, 5.74) is 1.06. The van der Waals surface area contributed by atoms with Crippen molar-refractivity contribution in [2.24, 2.45) is 0 Å². The van der Waals surface area contributed by atoms with Crippen LogP contribution in [-0.4, -0.2) is 60.2 Å². The number of halogens is 1. The van der Waals surface area contributed by atoms with Crippen molar-refractivity contribution >= 4 is 22.9 Å². The molecule has 1 aromatic carbocycles. The largest absolute Gasteiger partial charge is 0.491 e. The molecule has 25 heavy (non-hydrogen) atoms. The number of hydrogen-bond donors (Lipinski definition) is 0. The Hall–Kier alpha value is -1.34. The van der Waals surface area contributed by atoms with E-state index in [2.05, 4.69) is 9.80 Å². The van der Waals surface area contributed by atoms with Crippen LogP contribution in [-0.2, 0) is 6.54 Å². The van der Waals surface area contributed by atoms with Crippen molar-refractivity contribution in [2.75, 3.05) is 45.9 Å². The summed E-state index contributed by atoms with van der Waals surface area (Å²) >= 11 is 7.38. The lowest BCUT2D eigenvalue weighted by molar-refractivity contribution is 0.114. The normalized spacial score (nSPS) is 16.2. The van der Waals surface area contributed by atoms with Crippen LogP contribution in [0.15, 0.2) is 34.4 Å². The number of aryl methyl sites for hydroxylation is 1. The molecule has 3 rings (SSSR count). The van der Waals surface area contributed by atoms with Crippen molar-refractivity contribution in [3.63, 3.8) is 0 Å². The number of piperazine rings is 1. The summed E-state index contributed by atoms with van der Waals surface area (Å²) in [5.74, 6) is 0.749. The number of ether oxygens (including phenoxy) is 1. The van der Waals surface area contributed by atoms with Gasteiger partial charge in [-0.2, -0.15) is 0 Å². The lowest BCUT2D eigenvalue weighted by atomic mass is 10.3. The molecule has 7 heteroatoms. The smallest absolute Gasteiger partial charge is 0.307 e. The molecule has 1 saturated heterocycles. The second kappa shape index (κ2) is 8.85. The average Bonchev–Trinajstić information content (AvgIpc) is 2.94. The minimum absolute atomic E-state index is 0.146. The lowest BCUT2D eigenvalue weighted by Gasteiger charge is -2.34. The molecule has 0 bridgehead atoms. The number of nitrogens with zero attached hydrogens (tertiary/aromatic N) is 3. The molecule has 0 unspecified atom stereocenters. The molecule has 5 nitrogen and oxygen atoms in total. The maximum Gasteiger partial charge on any atom is 0.307 e. The Morgan fingerprint density at radius 3 is 2.40 bits per heavy atom. The van der Waals surface area contributed by atoms with E-state index in [9.17, 15) is 4.79 Å². The van der Waals surface area contributed by atoms with E-state index in [1.54, 1.807) is 0 Å². The predicted molar refractivity (Wildman–Crippen MR) is 103 cm³/mol. The van der Waals surface area contributed by atoms with Crippen molar-refractivity contribution in [1.82, 2.24) is 14.4 Å². The zero-order chi connectivity index (χ0) is 17.6. The number of hydrogen-bond acceptors (Lipinski definition) is 5. The number of thiazole rings is 1. The number of para-hydroxylation sites is 1. The second-order valence-corrected chi connectivity index (χ2v) is 7.48. The molecular formula is C18H24ClN3O2S. The zero-order valence-electron chi connectivity index (χ0n) is 14.5. The van der Waals surface area contributed by atoms with Crippen LogP contribution in [0.2, 0.25) is 5.02 Å². The molecule has 0 spiro atoms. The lowest BCUT2D eigenvalue weighted by Crippen LogP contribution is -2.48. The van der Waals surface area contributed by atoms with Crippen molar-refractivity contribution in [2.45, 2.75) is 13.5 Å². The highest BCUT2D eigenvalue weighted by Crippen LogP contribution is 2.22. The summed E-state index contributed by atoms with van der Waals surface area (Å²) in [7, 11) is 0. The van der Waals surface area contributed by atoms with Gasteiger partial charge in [-0.05, 0) is 19.1 Å². The van der Waals surface area contributed by atoms with Gasteiger partial charge in [0.1, 0.15) is 12.4 Å². The molecule has 1 aliphatic heterocycles. The van der Waals surface area contributed by atoms with E-state index in [0.717, 1.165) is 57.3 Å². The molecule has 1 fully saturated rings. The summed E-state index contributed by atoms with van der Waals surface area (Å²) in [6.45, 7) is 9.39. The number of rotatable bonds is 7. The minimum atomic E-state index is 0.146. The first-order valence-corrected chi connectivity index (χ1v) is 9.86. The Labute approximate surface area is 157 Å². The van der Waals surface area contributed by atoms with Gasteiger partial charge in [0.15, 0.2) is 0 Å². The van der Waals surface area contributed by atoms with Gasteiger partial charge in [0.25, 0.3) is 0 Å². The predicted octanol–water partition coefficient (Wildman–Crippen LogP) is 2.57. The average molecular weight is 382 g/mol. The Morgan fingerprint density at radius 2 is 1.76 bits per heavy atom. The standard InChI is InChI=1S/C18H24ClN3O2S/c1-15-14-25-18(23)22(15)11-10-20-6-8-21(9-7-20)12-13-24-17-5-3-2-4-16(17)19/h2-5,14H,6-13H2,1H3. The zero-order valence-corrected chi connectivity index (χ0v) is 16.1. The molecule has 1 aromatic heterocycles. The van der Waals surface area contributed by atoms with Crippen LogP contribution < -0.4 is 9.61 Å². The first kappa shape index (κ1) is 18.5. The van der Waals surface area contributed by atoms with Gasteiger partial charge in [0.2, 0.25) is 0 Å². The highest BCUT2D eigenvalue weighted by atomic mass is 35.5. The maximum absolute atomic E-state index is 11.8. The summed E-state index contributed by atoms with van der Waals surface area (Å²) in [6.07, 6.45) is 0. The third kappa shape index (κ3) is 5.07. The van der Waals surface area contributed by atoms with Crippen LogP contribution in [0.5, 0.6) is 5.75 Å². The van der Waals surface area contributed by atoms with E-state index in [-0.39, 0.29) is 4.87 Å². The first-order chi connectivity index (χ1) is 12.1. The fourth-order valence-corrected chi connectivity index (χ4v) is 3.95. The molecule has 0 aliphatic carbocycles. The Bertz CT molecular complexity index is 738. The van der Waals surface area contributed by atoms with Crippen LogP contribution in [0.25, 0.3) is 0 Å². The molecule has 2 aromatic rings. The van der Waals surface area contributed by atoms with E-state index in [0.29, 0.717) is 11.6 Å². The van der Waals surface area contributed by atoms with Crippen molar-refractivity contribution in [3.8, 4) is 5.75 Å². The molecule has 0 N–H and O–H groups in total. The third-order valence-electron chi connectivity index (χ3n) is 4.58. The van der Waals surface area contributed by atoms with Crippen LogP contribution in [0.4, 0.5) is 0 Å². The van der Waals surface area contributed by atoms with Crippen LogP contribution >= 0.6 is 22.9 Å². The van der Waals surface area contributed by atoms with Gasteiger partial charge in [-0.3, -0.25) is 14.6 Å². The fourth-order valence-electron chi connectivity index (χ4n) is 3.00. The number of aromatic nitrogens is 1. The monoisotopic (exact) mass is 381 g/mol. The molecule has 0 atom stereocenters. The van der Waals surface area contributed by atoms with Crippen molar-refractivity contribution in [3.05, 3.63) is 50.0 Å². The van der Waals surface area contributed by atoms with E-state index in [1.807, 2.05) is 41.1 Å². The third-order valence-corrected chi connectivity index (χ3v) is 5.78. The summed E-state index contributed by atoms with van der Waals surface area (Å²) in [4.78, 5) is 16.7. The Balaban J connectivity index is 1.36. The van der Waals surface area contributed by atoms with Gasteiger partial charge < -0.3 is 9.30 Å². The molecule has 136 valence electrons. The molecule has 0 saturated carbocycles. The van der Waals surface area contributed by atoms with Gasteiger partial charge in [0.05, 0.1) is 5.02 Å². The minimum Gasteiger partial charge on any atom is -0.491 e. The summed E-state index contributed by atoms with van der Waals surface area (Å²) in [6, 6.07) is 7.57.